The second-order valence-electron chi connectivity index (χ2n) is 7.23. The first-order valence-corrected chi connectivity index (χ1v) is 9.88. The quantitative estimate of drug-likeness (QED) is 0.462. The van der Waals surface area contributed by atoms with E-state index in [1.54, 1.807) is 0 Å². The average molecular weight is 382 g/mol. The van der Waals surface area contributed by atoms with Gasteiger partial charge in [-0.1, -0.05) is 48.5 Å². The zero-order valence-electron chi connectivity index (χ0n) is 16.8. The second kappa shape index (κ2) is 6.81. The minimum absolute atomic E-state index is 0.566. The Bertz CT molecular complexity index is 1330. The van der Waals surface area contributed by atoms with Gasteiger partial charge in [-0.15, -0.1) is 10.2 Å². The first-order chi connectivity index (χ1) is 14.2. The molecule has 3 heterocycles. The van der Waals surface area contributed by atoms with E-state index >= 15 is 0 Å². The van der Waals surface area contributed by atoms with Crippen LogP contribution < -0.4 is 0 Å². The summed E-state index contributed by atoms with van der Waals surface area (Å²) < 4.78 is 4.19. The van der Waals surface area contributed by atoms with Gasteiger partial charge in [-0.2, -0.15) is 4.98 Å². The number of hydrogen-bond donors (Lipinski definition) is 0. The fourth-order valence-corrected chi connectivity index (χ4v) is 4.06. The zero-order chi connectivity index (χ0) is 20.0. The fourth-order valence-electron chi connectivity index (χ4n) is 4.06. The van der Waals surface area contributed by atoms with E-state index in [9.17, 15) is 0 Å². The van der Waals surface area contributed by atoms with E-state index in [0.717, 1.165) is 52.2 Å². The summed E-state index contributed by atoms with van der Waals surface area (Å²) in [4.78, 5) is 9.70. The van der Waals surface area contributed by atoms with Crippen LogP contribution in [0, 0.1) is 13.8 Å². The monoisotopic (exact) mass is 382 g/mol. The average Bonchev–Trinajstić information content (AvgIpc) is 3.21. The van der Waals surface area contributed by atoms with Gasteiger partial charge in [0.15, 0.2) is 5.65 Å². The lowest BCUT2D eigenvalue weighted by molar-refractivity contribution is 0.786. The van der Waals surface area contributed by atoms with Gasteiger partial charge in [0.2, 0.25) is 0 Å². The number of imidazole rings is 1. The number of hydrogen-bond acceptors (Lipinski definition) is 4. The Morgan fingerprint density at radius 2 is 1.62 bits per heavy atom. The van der Waals surface area contributed by atoms with Crippen LogP contribution >= 0.6 is 0 Å². The molecular formula is C23H22N6. The lowest BCUT2D eigenvalue weighted by Crippen LogP contribution is -2.08. The van der Waals surface area contributed by atoms with Crippen LogP contribution in [0.2, 0.25) is 0 Å². The molecule has 29 heavy (non-hydrogen) atoms. The third-order valence-corrected chi connectivity index (χ3v) is 5.47. The summed E-state index contributed by atoms with van der Waals surface area (Å²) >= 11 is 0. The molecular weight excluding hydrogens is 360 g/mol. The molecule has 0 aliphatic carbocycles. The Labute approximate surface area is 168 Å². The molecule has 5 rings (SSSR count). The van der Waals surface area contributed by atoms with Crippen LogP contribution in [-0.2, 0) is 13.0 Å². The molecule has 0 spiro atoms. The highest BCUT2D eigenvalue weighted by molar-refractivity contribution is 6.04. The fraction of sp³-hybridized carbons (Fsp3) is 0.217. The maximum Gasteiger partial charge on any atom is 0.257 e. The molecule has 0 fully saturated rings. The number of aryl methyl sites for hydroxylation is 2. The van der Waals surface area contributed by atoms with Gasteiger partial charge in [0.05, 0.1) is 11.2 Å². The topological polar surface area (TPSA) is 61.4 Å². The summed E-state index contributed by atoms with van der Waals surface area (Å²) in [6.07, 6.45) is 0.783. The summed E-state index contributed by atoms with van der Waals surface area (Å²) in [5.74, 6) is 1.44. The molecule has 0 aliphatic rings. The molecule has 0 saturated carbocycles. The standard InChI is InChI=1S/C23H22N6/c1-4-28-20-13-9-8-12-18(20)21-22(28)25-23(27-26-21)29-15(2)19(24-16(29)3)14-17-10-6-5-7-11-17/h5-13H,4,14H2,1-3H3. The summed E-state index contributed by atoms with van der Waals surface area (Å²) in [6.45, 7) is 7.01. The van der Waals surface area contributed by atoms with Gasteiger partial charge in [-0.05, 0) is 32.4 Å². The van der Waals surface area contributed by atoms with Crippen LogP contribution in [-0.4, -0.2) is 29.3 Å². The van der Waals surface area contributed by atoms with Crippen molar-refractivity contribution in [3.05, 3.63) is 77.4 Å². The highest BCUT2D eigenvalue weighted by Crippen LogP contribution is 2.26. The van der Waals surface area contributed by atoms with Crippen LogP contribution in [0.5, 0.6) is 0 Å². The molecule has 0 unspecified atom stereocenters. The number of aromatic nitrogens is 6. The Balaban J connectivity index is 1.65. The molecule has 0 amide bonds. The van der Waals surface area contributed by atoms with Crippen molar-refractivity contribution in [1.29, 1.82) is 0 Å². The van der Waals surface area contributed by atoms with E-state index in [1.165, 1.54) is 5.56 Å². The number of para-hydroxylation sites is 1. The maximum absolute atomic E-state index is 4.91. The number of rotatable bonds is 4. The van der Waals surface area contributed by atoms with Crippen molar-refractivity contribution in [2.45, 2.75) is 33.7 Å². The highest BCUT2D eigenvalue weighted by Gasteiger charge is 2.18. The largest absolute Gasteiger partial charge is 0.324 e. The van der Waals surface area contributed by atoms with Gasteiger partial charge in [-0.3, -0.25) is 4.57 Å². The van der Waals surface area contributed by atoms with Gasteiger partial charge in [0, 0.05) is 24.0 Å². The molecule has 2 aromatic carbocycles. The summed E-state index contributed by atoms with van der Waals surface area (Å²) in [6, 6.07) is 18.6. The number of fused-ring (bicyclic) bond motifs is 3. The molecule has 0 N–H and O–H groups in total. The summed E-state index contributed by atoms with van der Waals surface area (Å²) in [5.41, 5.74) is 6.15. The van der Waals surface area contributed by atoms with Crippen molar-refractivity contribution in [3.63, 3.8) is 0 Å². The Kier molecular flexibility index (Phi) is 4.12. The van der Waals surface area contributed by atoms with Gasteiger partial charge in [0.1, 0.15) is 11.3 Å². The minimum atomic E-state index is 0.566. The molecule has 3 aromatic heterocycles. The van der Waals surface area contributed by atoms with Gasteiger partial charge in [0.25, 0.3) is 5.95 Å². The molecule has 6 heteroatoms. The van der Waals surface area contributed by atoms with Crippen molar-refractivity contribution in [1.82, 2.24) is 29.3 Å². The van der Waals surface area contributed by atoms with Crippen LogP contribution in [0.4, 0.5) is 0 Å². The molecule has 0 aliphatic heterocycles. The van der Waals surface area contributed by atoms with Crippen LogP contribution in [0.1, 0.15) is 29.7 Å². The van der Waals surface area contributed by atoms with Crippen LogP contribution in [0.25, 0.3) is 28.0 Å². The van der Waals surface area contributed by atoms with Crippen molar-refractivity contribution >= 4 is 22.1 Å². The maximum atomic E-state index is 4.91. The van der Waals surface area contributed by atoms with Crippen LogP contribution in [0.15, 0.2) is 54.6 Å². The van der Waals surface area contributed by atoms with Gasteiger partial charge < -0.3 is 4.57 Å². The normalized spacial score (nSPS) is 11.6. The van der Waals surface area contributed by atoms with E-state index in [2.05, 4.69) is 65.0 Å². The minimum Gasteiger partial charge on any atom is -0.324 e. The molecule has 0 bridgehead atoms. The third-order valence-electron chi connectivity index (χ3n) is 5.47. The van der Waals surface area contributed by atoms with Gasteiger partial charge in [-0.25, -0.2) is 4.98 Å². The van der Waals surface area contributed by atoms with E-state index in [-0.39, 0.29) is 0 Å². The molecule has 0 atom stereocenters. The van der Waals surface area contributed by atoms with E-state index in [0.29, 0.717) is 5.95 Å². The van der Waals surface area contributed by atoms with E-state index < -0.39 is 0 Å². The predicted molar refractivity (Wildman–Crippen MR) is 114 cm³/mol. The van der Waals surface area contributed by atoms with Crippen LogP contribution in [0.3, 0.4) is 0 Å². The molecule has 5 aromatic rings. The number of benzene rings is 2. The van der Waals surface area contributed by atoms with Crippen molar-refractivity contribution in [2.24, 2.45) is 0 Å². The molecule has 0 radical (unpaired) electrons. The number of nitrogens with zero attached hydrogens (tertiary/aromatic N) is 6. The summed E-state index contributed by atoms with van der Waals surface area (Å²) in [7, 11) is 0. The van der Waals surface area contributed by atoms with Gasteiger partial charge >= 0.3 is 0 Å². The molecule has 144 valence electrons. The first kappa shape index (κ1) is 17.6. The Morgan fingerprint density at radius 3 is 2.41 bits per heavy atom. The third kappa shape index (κ3) is 2.79. The van der Waals surface area contributed by atoms with Crippen molar-refractivity contribution in [2.75, 3.05) is 0 Å². The van der Waals surface area contributed by atoms with E-state index in [4.69, 9.17) is 9.97 Å². The Morgan fingerprint density at radius 1 is 0.862 bits per heavy atom. The second-order valence-corrected chi connectivity index (χ2v) is 7.23. The van der Waals surface area contributed by atoms with E-state index in [1.807, 2.05) is 29.7 Å². The lowest BCUT2D eigenvalue weighted by atomic mass is 10.1. The smallest absolute Gasteiger partial charge is 0.257 e. The highest BCUT2D eigenvalue weighted by atomic mass is 15.3. The first-order valence-electron chi connectivity index (χ1n) is 9.88. The molecule has 0 saturated heterocycles. The summed E-state index contributed by atoms with van der Waals surface area (Å²) in [5, 5.41) is 10.1. The SMILES string of the molecule is CCn1c2ccccc2c2nnc(-n3c(C)nc(Cc4ccccc4)c3C)nc21. The molecule has 6 nitrogen and oxygen atoms in total. The van der Waals surface area contributed by atoms with Crippen molar-refractivity contribution in [3.8, 4) is 5.95 Å². The predicted octanol–water partition coefficient (Wildman–Crippen LogP) is 4.39. The lowest BCUT2D eigenvalue weighted by Gasteiger charge is -2.07. The Hall–Kier alpha value is -3.54. The zero-order valence-corrected chi connectivity index (χ0v) is 16.8. The van der Waals surface area contributed by atoms with Crippen molar-refractivity contribution < 1.29 is 0 Å².